The normalized spacial score (nSPS) is 12.9. The van der Waals surface area contributed by atoms with Crippen molar-refractivity contribution in [3.63, 3.8) is 0 Å². The predicted octanol–water partition coefficient (Wildman–Crippen LogP) is 5.36. The average Bonchev–Trinajstić information content (AvgIpc) is 2.63. The summed E-state index contributed by atoms with van der Waals surface area (Å²) < 4.78 is 11.7. The highest BCUT2D eigenvalue weighted by Gasteiger charge is 2.40. The Hall–Kier alpha value is -1.39. The molecule has 0 fully saturated rings. The Balaban J connectivity index is 2.84. The first kappa shape index (κ1) is 21.7. The van der Waals surface area contributed by atoms with Gasteiger partial charge >= 0.3 is 5.97 Å². The second kappa shape index (κ2) is 12.0. The van der Waals surface area contributed by atoms with Gasteiger partial charge in [-0.1, -0.05) is 75.8 Å². The highest BCUT2D eigenvalue weighted by Crippen LogP contribution is 2.40. The van der Waals surface area contributed by atoms with Crippen LogP contribution in [-0.4, -0.2) is 25.3 Å². The molecule has 0 radical (unpaired) electrons. The molecule has 1 aromatic rings. The number of methoxy groups -OCH3 is 2. The molecule has 0 aliphatic heterocycles. The van der Waals surface area contributed by atoms with Crippen molar-refractivity contribution in [3.05, 3.63) is 35.9 Å². The Morgan fingerprint density at radius 2 is 1.60 bits per heavy atom. The van der Waals surface area contributed by atoms with Gasteiger partial charge in [0.1, 0.15) is 0 Å². The number of aliphatic carboxylic acids is 1. The zero-order valence-corrected chi connectivity index (χ0v) is 16.0. The van der Waals surface area contributed by atoms with Crippen molar-refractivity contribution in [2.24, 2.45) is 5.92 Å². The van der Waals surface area contributed by atoms with Crippen LogP contribution in [0, 0.1) is 5.92 Å². The molecule has 1 unspecified atom stereocenters. The van der Waals surface area contributed by atoms with E-state index in [1.165, 1.54) is 32.1 Å². The van der Waals surface area contributed by atoms with Gasteiger partial charge < -0.3 is 14.6 Å². The van der Waals surface area contributed by atoms with Crippen LogP contribution in [0.4, 0.5) is 0 Å². The first-order chi connectivity index (χ1) is 12.1. The van der Waals surface area contributed by atoms with E-state index in [0.29, 0.717) is 6.42 Å². The van der Waals surface area contributed by atoms with E-state index >= 15 is 0 Å². The summed E-state index contributed by atoms with van der Waals surface area (Å²) in [7, 11) is 3.29. The number of hydrogen-bond acceptors (Lipinski definition) is 3. The van der Waals surface area contributed by atoms with Crippen LogP contribution < -0.4 is 0 Å². The van der Waals surface area contributed by atoms with E-state index in [1.807, 2.05) is 30.3 Å². The van der Waals surface area contributed by atoms with Gasteiger partial charge in [-0.25, -0.2) is 0 Å². The number of hydrogen-bond donors (Lipinski definition) is 1. The molecular formula is C21H34O4. The van der Waals surface area contributed by atoms with E-state index in [0.717, 1.165) is 18.4 Å². The van der Waals surface area contributed by atoms with Gasteiger partial charge in [-0.15, -0.1) is 0 Å². The molecular weight excluding hydrogens is 316 g/mol. The molecule has 4 nitrogen and oxygen atoms in total. The second-order valence-corrected chi connectivity index (χ2v) is 6.63. The second-order valence-electron chi connectivity index (χ2n) is 6.63. The molecule has 1 rings (SSSR count). The maximum absolute atomic E-state index is 11.1. The van der Waals surface area contributed by atoms with Gasteiger partial charge in [0, 0.05) is 32.1 Å². The van der Waals surface area contributed by atoms with Crippen LogP contribution in [-0.2, 0) is 20.1 Å². The Bertz CT molecular complexity index is 468. The lowest BCUT2D eigenvalue weighted by Crippen LogP contribution is -2.39. The van der Waals surface area contributed by atoms with Crippen LogP contribution >= 0.6 is 0 Å². The topological polar surface area (TPSA) is 55.8 Å². The number of benzene rings is 1. The fraction of sp³-hybridized carbons (Fsp3) is 0.667. The molecule has 1 N–H and O–H groups in total. The fourth-order valence-corrected chi connectivity index (χ4v) is 3.55. The van der Waals surface area contributed by atoms with Gasteiger partial charge in [0.2, 0.25) is 0 Å². The molecule has 0 aliphatic rings. The molecule has 1 atom stereocenters. The van der Waals surface area contributed by atoms with Gasteiger partial charge in [-0.05, 0) is 12.8 Å². The van der Waals surface area contributed by atoms with Gasteiger partial charge in [0.05, 0.1) is 0 Å². The summed E-state index contributed by atoms with van der Waals surface area (Å²) in [4.78, 5) is 11.1. The number of carboxylic acid groups (broad SMARTS) is 1. The number of rotatable bonds is 14. The van der Waals surface area contributed by atoms with Crippen molar-refractivity contribution in [3.8, 4) is 0 Å². The zero-order chi connectivity index (χ0) is 18.5. The number of unbranched alkanes of at least 4 members (excludes halogenated alkanes) is 5. The third kappa shape index (κ3) is 6.79. The summed E-state index contributed by atoms with van der Waals surface area (Å²) in [5.41, 5.74) is 0.946. The minimum atomic E-state index is -0.889. The third-order valence-electron chi connectivity index (χ3n) is 4.93. The highest BCUT2D eigenvalue weighted by atomic mass is 16.7. The van der Waals surface area contributed by atoms with E-state index in [4.69, 9.17) is 14.6 Å². The molecule has 0 saturated carbocycles. The third-order valence-corrected chi connectivity index (χ3v) is 4.93. The first-order valence-corrected chi connectivity index (χ1v) is 9.48. The van der Waals surface area contributed by atoms with Crippen LogP contribution in [0.25, 0.3) is 0 Å². The van der Waals surface area contributed by atoms with Gasteiger partial charge in [0.15, 0.2) is 5.79 Å². The summed E-state index contributed by atoms with van der Waals surface area (Å²) in [5.74, 6) is -1.66. The van der Waals surface area contributed by atoms with E-state index in [9.17, 15) is 4.79 Å². The molecule has 0 spiro atoms. The Kier molecular flexibility index (Phi) is 10.4. The molecule has 0 amide bonds. The van der Waals surface area contributed by atoms with Crippen molar-refractivity contribution in [2.45, 2.75) is 70.5 Å². The van der Waals surface area contributed by atoms with E-state index < -0.39 is 11.8 Å². The molecule has 0 aliphatic carbocycles. The minimum Gasteiger partial charge on any atom is -0.481 e. The number of ether oxygens (including phenoxy) is 2. The molecule has 25 heavy (non-hydrogen) atoms. The van der Waals surface area contributed by atoms with Crippen LogP contribution in [0.15, 0.2) is 30.3 Å². The number of carbonyl (C=O) groups is 1. The average molecular weight is 350 g/mol. The Labute approximate surface area is 152 Å². The monoisotopic (exact) mass is 350 g/mol. The molecule has 0 aromatic heterocycles. The molecule has 1 aromatic carbocycles. The van der Waals surface area contributed by atoms with Crippen LogP contribution in [0.1, 0.15) is 70.3 Å². The van der Waals surface area contributed by atoms with E-state index in [1.54, 1.807) is 14.2 Å². The quantitative estimate of drug-likeness (QED) is 0.362. The van der Waals surface area contributed by atoms with E-state index in [-0.39, 0.29) is 12.3 Å². The zero-order valence-electron chi connectivity index (χ0n) is 16.0. The van der Waals surface area contributed by atoms with Crippen molar-refractivity contribution >= 4 is 5.97 Å². The Morgan fingerprint density at radius 3 is 2.16 bits per heavy atom. The lowest BCUT2D eigenvalue weighted by atomic mass is 9.83. The Morgan fingerprint density at radius 1 is 1.00 bits per heavy atom. The van der Waals surface area contributed by atoms with Crippen molar-refractivity contribution in [1.82, 2.24) is 0 Å². The summed E-state index contributed by atoms with van der Waals surface area (Å²) in [6, 6.07) is 9.85. The highest BCUT2D eigenvalue weighted by molar-refractivity contribution is 5.66. The van der Waals surface area contributed by atoms with Crippen LogP contribution in [0.3, 0.4) is 0 Å². The van der Waals surface area contributed by atoms with Crippen molar-refractivity contribution < 1.29 is 19.4 Å². The summed E-state index contributed by atoms with van der Waals surface area (Å²) in [6.07, 6.45) is 8.83. The molecule has 4 heteroatoms. The largest absolute Gasteiger partial charge is 0.481 e. The van der Waals surface area contributed by atoms with Gasteiger partial charge in [0.25, 0.3) is 0 Å². The number of carboxylic acids is 1. The fourth-order valence-electron chi connectivity index (χ4n) is 3.55. The standard InChI is InChI=1S/C21H34O4/c1-4-5-6-7-8-10-15-19(16-17-20(22)23)21(24-2,25-3)18-13-11-9-12-14-18/h9,11-14,19H,4-8,10,15-17H2,1-3H3,(H,22,23). The lowest BCUT2D eigenvalue weighted by molar-refractivity contribution is -0.253. The van der Waals surface area contributed by atoms with Crippen molar-refractivity contribution in [1.29, 1.82) is 0 Å². The van der Waals surface area contributed by atoms with Crippen molar-refractivity contribution in [2.75, 3.05) is 14.2 Å². The lowest BCUT2D eigenvalue weighted by Gasteiger charge is -2.39. The van der Waals surface area contributed by atoms with E-state index in [2.05, 4.69) is 6.92 Å². The maximum Gasteiger partial charge on any atom is 0.303 e. The van der Waals surface area contributed by atoms with Gasteiger partial charge in [-0.2, -0.15) is 0 Å². The van der Waals surface area contributed by atoms with Gasteiger partial charge in [-0.3, -0.25) is 4.79 Å². The summed E-state index contributed by atoms with van der Waals surface area (Å²) in [5, 5.41) is 9.13. The molecule has 0 bridgehead atoms. The first-order valence-electron chi connectivity index (χ1n) is 9.48. The van der Waals surface area contributed by atoms with Crippen LogP contribution in [0.2, 0.25) is 0 Å². The molecule has 0 saturated heterocycles. The summed E-state index contributed by atoms with van der Waals surface area (Å²) in [6.45, 7) is 2.22. The summed E-state index contributed by atoms with van der Waals surface area (Å²) >= 11 is 0. The molecule has 142 valence electrons. The SMILES string of the molecule is CCCCCCCCC(CCC(=O)O)C(OC)(OC)c1ccccc1. The van der Waals surface area contributed by atoms with Crippen LogP contribution in [0.5, 0.6) is 0 Å². The minimum absolute atomic E-state index is 0.00664. The smallest absolute Gasteiger partial charge is 0.303 e. The maximum atomic E-state index is 11.1. The predicted molar refractivity (Wildman–Crippen MR) is 100 cm³/mol. The molecule has 0 heterocycles.